The highest BCUT2D eigenvalue weighted by molar-refractivity contribution is 7.99. The number of hydrazine groups is 1. The maximum Gasteiger partial charge on any atom is 0.239 e. The monoisotopic (exact) mass is 211 g/mol. The van der Waals surface area contributed by atoms with Gasteiger partial charge >= 0.3 is 0 Å². The molecule has 76 valence electrons. The lowest BCUT2D eigenvalue weighted by Crippen LogP contribution is -2.33. The van der Waals surface area contributed by atoms with Crippen molar-refractivity contribution < 1.29 is 0 Å². The molecule has 0 bridgehead atoms. The normalized spacial score (nSPS) is 16.8. The third-order valence-electron chi connectivity index (χ3n) is 2.11. The summed E-state index contributed by atoms with van der Waals surface area (Å²) in [5.74, 6) is 9.00. The fraction of sp³-hybridized carbons (Fsp3) is 0.500. The second kappa shape index (κ2) is 4.47. The van der Waals surface area contributed by atoms with Crippen LogP contribution in [-0.2, 0) is 0 Å². The van der Waals surface area contributed by atoms with Crippen LogP contribution in [0.4, 0.5) is 11.8 Å². The first-order valence-corrected chi connectivity index (χ1v) is 5.68. The molecule has 3 N–H and O–H groups in total. The molecule has 5 nitrogen and oxygen atoms in total. The average molecular weight is 211 g/mol. The van der Waals surface area contributed by atoms with Gasteiger partial charge in [-0.1, -0.05) is 0 Å². The van der Waals surface area contributed by atoms with Crippen LogP contribution in [0.25, 0.3) is 0 Å². The predicted octanol–water partition coefficient (Wildman–Crippen LogP) is 0.315. The highest BCUT2D eigenvalue weighted by Gasteiger charge is 2.12. The van der Waals surface area contributed by atoms with Crippen molar-refractivity contribution in [3.63, 3.8) is 0 Å². The van der Waals surface area contributed by atoms with E-state index in [9.17, 15) is 0 Å². The molecule has 0 atom stereocenters. The van der Waals surface area contributed by atoms with E-state index in [1.54, 1.807) is 6.20 Å². The number of rotatable bonds is 2. The molecule has 2 rings (SSSR count). The summed E-state index contributed by atoms with van der Waals surface area (Å²) >= 11 is 1.98. The van der Waals surface area contributed by atoms with Crippen LogP contribution in [0, 0.1) is 0 Å². The van der Waals surface area contributed by atoms with E-state index in [1.165, 1.54) is 0 Å². The molecular weight excluding hydrogens is 198 g/mol. The summed E-state index contributed by atoms with van der Waals surface area (Å²) in [6, 6.07) is 1.91. The van der Waals surface area contributed by atoms with Crippen molar-refractivity contribution in [3.8, 4) is 0 Å². The molecule has 0 spiro atoms. The SMILES string of the molecule is NNc1nccc(N2CCSCC2)n1. The molecule has 6 heteroatoms. The number of nitrogens with two attached hydrogens (primary N) is 1. The molecule has 1 saturated heterocycles. The Morgan fingerprint density at radius 2 is 2.21 bits per heavy atom. The van der Waals surface area contributed by atoms with Gasteiger partial charge in [-0.3, -0.25) is 5.43 Å². The molecular formula is C8H13N5S. The van der Waals surface area contributed by atoms with Gasteiger partial charge in [-0.05, 0) is 6.07 Å². The zero-order valence-corrected chi connectivity index (χ0v) is 8.63. The molecule has 1 fully saturated rings. The summed E-state index contributed by atoms with van der Waals surface area (Å²) in [6.07, 6.45) is 1.72. The Kier molecular flexibility index (Phi) is 3.05. The minimum Gasteiger partial charge on any atom is -0.355 e. The Bertz CT molecular complexity index is 300. The lowest BCUT2D eigenvalue weighted by molar-refractivity contribution is 0.835. The Hall–Kier alpha value is -1.01. The van der Waals surface area contributed by atoms with E-state index in [0.29, 0.717) is 5.95 Å². The lowest BCUT2D eigenvalue weighted by Gasteiger charge is -2.27. The van der Waals surface area contributed by atoms with E-state index in [2.05, 4.69) is 20.3 Å². The van der Waals surface area contributed by atoms with Gasteiger partial charge in [0.2, 0.25) is 5.95 Å². The van der Waals surface area contributed by atoms with E-state index in [0.717, 1.165) is 30.4 Å². The number of nitrogens with zero attached hydrogens (tertiary/aromatic N) is 3. The van der Waals surface area contributed by atoms with Gasteiger partial charge in [-0.2, -0.15) is 16.7 Å². The maximum absolute atomic E-state index is 5.25. The van der Waals surface area contributed by atoms with Gasteiger partial charge in [0, 0.05) is 30.8 Å². The summed E-state index contributed by atoms with van der Waals surface area (Å²) in [5, 5.41) is 0. The quantitative estimate of drug-likeness (QED) is 0.542. The second-order valence-corrected chi connectivity index (χ2v) is 4.21. The Labute approximate surface area is 87.1 Å². The fourth-order valence-corrected chi connectivity index (χ4v) is 2.29. The Balaban J connectivity index is 2.13. The third kappa shape index (κ3) is 2.08. The first-order chi connectivity index (χ1) is 6.90. The predicted molar refractivity (Wildman–Crippen MR) is 59.4 cm³/mol. The fourth-order valence-electron chi connectivity index (χ4n) is 1.39. The van der Waals surface area contributed by atoms with Crippen LogP contribution in [-0.4, -0.2) is 34.6 Å². The van der Waals surface area contributed by atoms with Crippen LogP contribution in [0.2, 0.25) is 0 Å². The summed E-state index contributed by atoms with van der Waals surface area (Å²) in [7, 11) is 0. The first-order valence-electron chi connectivity index (χ1n) is 4.52. The minimum absolute atomic E-state index is 0.473. The number of hydrogen-bond acceptors (Lipinski definition) is 6. The van der Waals surface area contributed by atoms with Crippen LogP contribution in [0.5, 0.6) is 0 Å². The molecule has 0 saturated carbocycles. The number of aromatic nitrogens is 2. The van der Waals surface area contributed by atoms with Crippen molar-refractivity contribution in [1.82, 2.24) is 9.97 Å². The molecule has 1 aromatic rings. The van der Waals surface area contributed by atoms with Gasteiger partial charge in [-0.25, -0.2) is 10.8 Å². The number of nitrogen functional groups attached to an aromatic ring is 1. The second-order valence-electron chi connectivity index (χ2n) is 2.98. The molecule has 1 aliphatic heterocycles. The van der Waals surface area contributed by atoms with Crippen LogP contribution >= 0.6 is 11.8 Å². The third-order valence-corrected chi connectivity index (χ3v) is 3.05. The Morgan fingerprint density at radius 1 is 1.43 bits per heavy atom. The largest absolute Gasteiger partial charge is 0.355 e. The van der Waals surface area contributed by atoms with Gasteiger partial charge in [0.1, 0.15) is 5.82 Å². The van der Waals surface area contributed by atoms with E-state index in [-0.39, 0.29) is 0 Å². The summed E-state index contributed by atoms with van der Waals surface area (Å²) < 4.78 is 0. The average Bonchev–Trinajstić information content (AvgIpc) is 2.30. The van der Waals surface area contributed by atoms with E-state index < -0.39 is 0 Å². The van der Waals surface area contributed by atoms with Gasteiger partial charge in [-0.15, -0.1) is 0 Å². The molecule has 1 aliphatic rings. The van der Waals surface area contributed by atoms with Crippen molar-refractivity contribution in [2.45, 2.75) is 0 Å². The molecule has 0 aliphatic carbocycles. The minimum atomic E-state index is 0.473. The number of nitrogens with one attached hydrogen (secondary N) is 1. The lowest BCUT2D eigenvalue weighted by atomic mass is 10.4. The first kappa shape index (κ1) is 9.54. The van der Waals surface area contributed by atoms with Crippen LogP contribution in [0.15, 0.2) is 12.3 Å². The molecule has 0 unspecified atom stereocenters. The zero-order chi connectivity index (χ0) is 9.80. The van der Waals surface area contributed by atoms with Crippen molar-refractivity contribution in [3.05, 3.63) is 12.3 Å². The summed E-state index contributed by atoms with van der Waals surface area (Å²) in [5.41, 5.74) is 2.45. The van der Waals surface area contributed by atoms with Crippen molar-refractivity contribution in [2.24, 2.45) is 5.84 Å². The molecule has 0 aromatic carbocycles. The summed E-state index contributed by atoms with van der Waals surface area (Å²) in [4.78, 5) is 10.5. The number of anilines is 2. The standard InChI is InChI=1S/C8H13N5S/c9-12-8-10-2-1-7(11-8)13-3-5-14-6-4-13/h1-2H,3-6,9H2,(H,10,11,12). The van der Waals surface area contributed by atoms with Crippen LogP contribution in [0.1, 0.15) is 0 Å². The zero-order valence-electron chi connectivity index (χ0n) is 7.81. The van der Waals surface area contributed by atoms with E-state index in [1.807, 2.05) is 17.8 Å². The van der Waals surface area contributed by atoms with Crippen molar-refractivity contribution in [2.75, 3.05) is 34.9 Å². The molecule has 0 radical (unpaired) electrons. The van der Waals surface area contributed by atoms with Gasteiger partial charge in [0.15, 0.2) is 0 Å². The highest BCUT2D eigenvalue weighted by atomic mass is 32.2. The molecule has 2 heterocycles. The Morgan fingerprint density at radius 3 is 2.93 bits per heavy atom. The molecule has 14 heavy (non-hydrogen) atoms. The van der Waals surface area contributed by atoms with Gasteiger partial charge in [0.25, 0.3) is 0 Å². The van der Waals surface area contributed by atoms with Crippen molar-refractivity contribution >= 4 is 23.5 Å². The van der Waals surface area contributed by atoms with Crippen molar-refractivity contribution in [1.29, 1.82) is 0 Å². The maximum atomic E-state index is 5.25. The van der Waals surface area contributed by atoms with Gasteiger partial charge < -0.3 is 4.90 Å². The number of thioether (sulfide) groups is 1. The topological polar surface area (TPSA) is 67.1 Å². The highest BCUT2D eigenvalue weighted by Crippen LogP contribution is 2.17. The molecule has 1 aromatic heterocycles. The van der Waals surface area contributed by atoms with Gasteiger partial charge in [0.05, 0.1) is 0 Å². The molecule has 0 amide bonds. The van der Waals surface area contributed by atoms with E-state index in [4.69, 9.17) is 5.84 Å². The summed E-state index contributed by atoms with van der Waals surface area (Å²) in [6.45, 7) is 2.09. The van der Waals surface area contributed by atoms with Crippen LogP contribution < -0.4 is 16.2 Å². The smallest absolute Gasteiger partial charge is 0.239 e. The van der Waals surface area contributed by atoms with E-state index >= 15 is 0 Å². The van der Waals surface area contributed by atoms with Crippen LogP contribution in [0.3, 0.4) is 0 Å². The number of hydrogen-bond donors (Lipinski definition) is 2.